The normalized spacial score (nSPS) is 14.5. The first kappa shape index (κ1) is 22.3. The van der Waals surface area contributed by atoms with Crippen molar-refractivity contribution in [3.8, 4) is 0 Å². The Kier molecular flexibility index (Phi) is 6.53. The molecule has 7 heteroatoms. The van der Waals surface area contributed by atoms with Crippen molar-refractivity contribution in [3.05, 3.63) is 64.2 Å². The Hall–Kier alpha value is -2.38. The number of carbonyl (C=O) groups excluding carboxylic acids is 1. The highest BCUT2D eigenvalue weighted by molar-refractivity contribution is 7.90. The summed E-state index contributed by atoms with van der Waals surface area (Å²) in [5.41, 5.74) is 6.02. The third kappa shape index (κ3) is 4.68. The molecule has 0 bridgehead atoms. The molecule has 1 aliphatic rings. The summed E-state index contributed by atoms with van der Waals surface area (Å²) in [7, 11) is -0.887. The van der Waals surface area contributed by atoms with Crippen LogP contribution in [0.25, 0.3) is 0 Å². The number of carbonyl (C=O) groups is 1. The number of aryl methyl sites for hydroxylation is 4. The van der Waals surface area contributed by atoms with Crippen molar-refractivity contribution in [3.63, 3.8) is 0 Å². The predicted octanol–water partition coefficient (Wildman–Crippen LogP) is 3.28. The lowest BCUT2D eigenvalue weighted by Gasteiger charge is -2.29. The largest absolute Gasteiger partial charge is 0.348 e. The molecule has 2 aromatic rings. The SMILES string of the molecule is Cc1ccc(C)c(N(CC(=O)N[C@@H](C)c2ccc3c(c2)CCC3)S(=O)(=O)N(C)C)c1. The molecule has 0 unspecified atom stereocenters. The van der Waals surface area contributed by atoms with E-state index in [4.69, 9.17) is 0 Å². The van der Waals surface area contributed by atoms with E-state index < -0.39 is 10.2 Å². The molecule has 0 saturated heterocycles. The standard InChI is InChI=1S/C23H31N3O3S/c1-16-9-10-17(2)22(13-16)26(30(28,29)25(4)5)15-23(27)24-18(3)20-12-11-19-7-6-8-21(19)14-20/h9-14,18H,6-8,15H2,1-5H3,(H,24,27)/t18-/m0/s1. The molecule has 0 fully saturated rings. The molecule has 0 aliphatic heterocycles. The lowest BCUT2D eigenvalue weighted by molar-refractivity contribution is -0.120. The van der Waals surface area contributed by atoms with Gasteiger partial charge in [0.2, 0.25) is 5.91 Å². The van der Waals surface area contributed by atoms with Gasteiger partial charge in [-0.3, -0.25) is 4.79 Å². The number of fused-ring (bicyclic) bond motifs is 1. The van der Waals surface area contributed by atoms with Gasteiger partial charge in [0.1, 0.15) is 6.54 Å². The zero-order valence-electron chi connectivity index (χ0n) is 18.4. The van der Waals surface area contributed by atoms with E-state index >= 15 is 0 Å². The van der Waals surface area contributed by atoms with Crippen LogP contribution in [-0.2, 0) is 27.8 Å². The van der Waals surface area contributed by atoms with E-state index in [1.54, 1.807) is 6.07 Å². The Balaban J connectivity index is 1.82. The van der Waals surface area contributed by atoms with Gasteiger partial charge in [-0.05, 0) is 73.9 Å². The second kappa shape index (κ2) is 8.78. The molecule has 30 heavy (non-hydrogen) atoms. The van der Waals surface area contributed by atoms with Gasteiger partial charge in [0, 0.05) is 14.1 Å². The van der Waals surface area contributed by atoms with Crippen molar-refractivity contribution in [2.45, 2.75) is 46.1 Å². The molecule has 1 amide bonds. The Morgan fingerprint density at radius 2 is 1.77 bits per heavy atom. The predicted molar refractivity (Wildman–Crippen MR) is 121 cm³/mol. The van der Waals surface area contributed by atoms with Gasteiger partial charge in [-0.2, -0.15) is 12.7 Å². The lowest BCUT2D eigenvalue weighted by Crippen LogP contribution is -2.46. The highest BCUT2D eigenvalue weighted by Crippen LogP contribution is 2.27. The van der Waals surface area contributed by atoms with Crippen LogP contribution in [0.1, 0.15) is 47.2 Å². The summed E-state index contributed by atoms with van der Waals surface area (Å²) < 4.78 is 28.3. The zero-order chi connectivity index (χ0) is 22.1. The van der Waals surface area contributed by atoms with Crippen LogP contribution in [0.5, 0.6) is 0 Å². The Bertz CT molecular complexity index is 1050. The van der Waals surface area contributed by atoms with Gasteiger partial charge in [-0.1, -0.05) is 30.3 Å². The summed E-state index contributed by atoms with van der Waals surface area (Å²) in [5.74, 6) is -0.339. The van der Waals surface area contributed by atoms with Crippen LogP contribution in [0.15, 0.2) is 36.4 Å². The molecule has 1 atom stereocenters. The molecular formula is C23H31N3O3S. The highest BCUT2D eigenvalue weighted by atomic mass is 32.2. The van der Waals surface area contributed by atoms with Crippen molar-refractivity contribution in [1.82, 2.24) is 9.62 Å². The molecule has 1 N–H and O–H groups in total. The molecule has 6 nitrogen and oxygen atoms in total. The summed E-state index contributed by atoms with van der Waals surface area (Å²) in [6.45, 7) is 5.40. The molecule has 2 aromatic carbocycles. The van der Waals surface area contributed by atoms with E-state index in [-0.39, 0.29) is 18.5 Å². The van der Waals surface area contributed by atoms with Crippen LogP contribution in [0.3, 0.4) is 0 Å². The summed E-state index contributed by atoms with van der Waals surface area (Å²) in [5, 5.41) is 2.97. The van der Waals surface area contributed by atoms with Gasteiger partial charge >= 0.3 is 10.2 Å². The number of rotatable bonds is 7. The Labute approximate surface area is 180 Å². The molecule has 0 heterocycles. The summed E-state index contributed by atoms with van der Waals surface area (Å²) in [6, 6.07) is 11.7. The van der Waals surface area contributed by atoms with Gasteiger partial charge in [-0.25, -0.2) is 4.31 Å². The van der Waals surface area contributed by atoms with Crippen molar-refractivity contribution < 1.29 is 13.2 Å². The van der Waals surface area contributed by atoms with Gasteiger partial charge in [0.15, 0.2) is 0 Å². The monoisotopic (exact) mass is 429 g/mol. The number of anilines is 1. The fourth-order valence-corrected chi connectivity index (χ4v) is 4.96. The third-order valence-corrected chi connectivity index (χ3v) is 7.47. The molecule has 3 rings (SSSR count). The molecular weight excluding hydrogens is 398 g/mol. The van der Waals surface area contributed by atoms with Crippen LogP contribution in [0.4, 0.5) is 5.69 Å². The minimum absolute atomic E-state index is 0.203. The van der Waals surface area contributed by atoms with E-state index in [0.29, 0.717) is 5.69 Å². The van der Waals surface area contributed by atoms with Crippen molar-refractivity contribution in [2.24, 2.45) is 0 Å². The minimum atomic E-state index is -3.83. The van der Waals surface area contributed by atoms with Crippen molar-refractivity contribution >= 4 is 21.8 Å². The van der Waals surface area contributed by atoms with Gasteiger partial charge in [-0.15, -0.1) is 0 Å². The molecule has 1 aliphatic carbocycles. The number of hydrogen-bond donors (Lipinski definition) is 1. The number of benzene rings is 2. The summed E-state index contributed by atoms with van der Waals surface area (Å²) >= 11 is 0. The fraction of sp³-hybridized carbons (Fsp3) is 0.435. The number of hydrogen-bond acceptors (Lipinski definition) is 3. The first-order valence-corrected chi connectivity index (χ1v) is 11.7. The smallest absolute Gasteiger partial charge is 0.304 e. The molecule has 0 radical (unpaired) electrons. The molecule has 0 aromatic heterocycles. The van der Waals surface area contributed by atoms with E-state index in [9.17, 15) is 13.2 Å². The van der Waals surface area contributed by atoms with Crippen molar-refractivity contribution in [2.75, 3.05) is 24.9 Å². The van der Waals surface area contributed by atoms with Gasteiger partial charge < -0.3 is 5.32 Å². The van der Waals surface area contributed by atoms with Crippen molar-refractivity contribution in [1.29, 1.82) is 0 Å². The van der Waals surface area contributed by atoms with Crippen LogP contribution in [0, 0.1) is 13.8 Å². The first-order chi connectivity index (χ1) is 14.1. The fourth-order valence-electron chi connectivity index (χ4n) is 3.84. The average molecular weight is 430 g/mol. The first-order valence-electron chi connectivity index (χ1n) is 10.3. The highest BCUT2D eigenvalue weighted by Gasteiger charge is 2.29. The maximum atomic E-state index is 13.0. The van der Waals surface area contributed by atoms with E-state index in [1.165, 1.54) is 35.9 Å². The van der Waals surface area contributed by atoms with E-state index in [2.05, 4.69) is 17.4 Å². The summed E-state index contributed by atoms with van der Waals surface area (Å²) in [6.07, 6.45) is 3.36. The van der Waals surface area contributed by atoms with Gasteiger partial charge in [0.05, 0.1) is 11.7 Å². The maximum absolute atomic E-state index is 13.0. The van der Waals surface area contributed by atoms with Crippen LogP contribution in [-0.4, -0.2) is 39.3 Å². The second-order valence-electron chi connectivity index (χ2n) is 8.26. The quantitative estimate of drug-likeness (QED) is 0.734. The van der Waals surface area contributed by atoms with Crippen LogP contribution in [0.2, 0.25) is 0 Å². The lowest BCUT2D eigenvalue weighted by atomic mass is 10.0. The van der Waals surface area contributed by atoms with Crippen LogP contribution < -0.4 is 9.62 Å². The maximum Gasteiger partial charge on any atom is 0.304 e. The minimum Gasteiger partial charge on any atom is -0.348 e. The summed E-state index contributed by atoms with van der Waals surface area (Å²) in [4.78, 5) is 12.9. The third-order valence-electron chi connectivity index (χ3n) is 5.66. The Morgan fingerprint density at radius 3 is 2.47 bits per heavy atom. The number of nitrogens with one attached hydrogen (secondary N) is 1. The van der Waals surface area contributed by atoms with E-state index in [1.807, 2.05) is 39.0 Å². The number of nitrogens with zero attached hydrogens (tertiary/aromatic N) is 2. The van der Waals surface area contributed by atoms with Gasteiger partial charge in [0.25, 0.3) is 0 Å². The van der Waals surface area contributed by atoms with Crippen LogP contribution >= 0.6 is 0 Å². The Morgan fingerprint density at radius 1 is 1.07 bits per heavy atom. The second-order valence-corrected chi connectivity index (χ2v) is 10.3. The average Bonchev–Trinajstić information content (AvgIpc) is 3.15. The zero-order valence-corrected chi connectivity index (χ0v) is 19.2. The molecule has 0 spiro atoms. The van der Waals surface area contributed by atoms with E-state index in [0.717, 1.165) is 33.8 Å². The topological polar surface area (TPSA) is 69.7 Å². The number of amides is 1. The molecule has 0 saturated carbocycles. The molecule has 162 valence electrons.